The Kier molecular flexibility index (Phi) is 6.63. The van der Waals surface area contributed by atoms with E-state index >= 15 is 0 Å². The normalized spacial score (nSPS) is 14.0. The maximum Gasteiger partial charge on any atom is 0.321 e. The Morgan fingerprint density at radius 1 is 0.939 bits per heavy atom. The van der Waals surface area contributed by atoms with Crippen LogP contribution in [-0.2, 0) is 0 Å². The van der Waals surface area contributed by atoms with Crippen LogP contribution in [0.3, 0.4) is 0 Å². The van der Waals surface area contributed by atoms with Crippen LogP contribution < -0.4 is 10.2 Å². The lowest BCUT2D eigenvalue weighted by Gasteiger charge is -2.36. The van der Waals surface area contributed by atoms with Gasteiger partial charge in [0.1, 0.15) is 5.82 Å². The van der Waals surface area contributed by atoms with Gasteiger partial charge in [0.2, 0.25) is 0 Å². The van der Waals surface area contributed by atoms with Crippen molar-refractivity contribution in [3.05, 3.63) is 70.9 Å². The first kappa shape index (κ1) is 22.8. The minimum Gasteiger partial charge on any atom is -0.353 e. The van der Waals surface area contributed by atoms with Crippen molar-refractivity contribution in [1.82, 2.24) is 14.9 Å². The van der Waals surface area contributed by atoms with Gasteiger partial charge in [-0.3, -0.25) is 0 Å². The van der Waals surface area contributed by atoms with Gasteiger partial charge in [-0.2, -0.15) is 0 Å². The SMILES string of the molecule is Cc1cccc(-c2nc(C)c(C)c(N3CCN(C(=O)Nc4ccc(C(C)C)cc4)CC3)n2)c1. The van der Waals surface area contributed by atoms with Crippen LogP contribution in [0, 0.1) is 20.8 Å². The van der Waals surface area contributed by atoms with Gasteiger partial charge in [0, 0.05) is 48.7 Å². The highest BCUT2D eigenvalue weighted by atomic mass is 16.2. The van der Waals surface area contributed by atoms with Crippen LogP contribution in [0.5, 0.6) is 0 Å². The fraction of sp³-hybridized carbons (Fsp3) is 0.370. The zero-order valence-corrected chi connectivity index (χ0v) is 20.2. The third kappa shape index (κ3) is 5.16. The van der Waals surface area contributed by atoms with Crippen LogP contribution in [-0.4, -0.2) is 47.1 Å². The van der Waals surface area contributed by atoms with E-state index < -0.39 is 0 Å². The number of rotatable bonds is 4. The molecule has 0 aliphatic carbocycles. The lowest BCUT2D eigenvalue weighted by Crippen LogP contribution is -2.50. The zero-order chi connectivity index (χ0) is 23.5. The first-order chi connectivity index (χ1) is 15.8. The van der Waals surface area contributed by atoms with Crippen LogP contribution in [0.2, 0.25) is 0 Å². The van der Waals surface area contributed by atoms with Crippen LogP contribution >= 0.6 is 0 Å². The summed E-state index contributed by atoms with van der Waals surface area (Å²) in [6, 6.07) is 16.3. The molecule has 3 aromatic rings. The van der Waals surface area contributed by atoms with Crippen molar-refractivity contribution in [2.75, 3.05) is 36.4 Å². The van der Waals surface area contributed by atoms with Crippen molar-refractivity contribution in [3.63, 3.8) is 0 Å². The van der Waals surface area contributed by atoms with Crippen molar-refractivity contribution in [2.45, 2.75) is 40.5 Å². The van der Waals surface area contributed by atoms with E-state index in [1.165, 1.54) is 11.1 Å². The Morgan fingerprint density at radius 2 is 1.64 bits per heavy atom. The van der Waals surface area contributed by atoms with Gasteiger partial charge in [-0.1, -0.05) is 49.7 Å². The van der Waals surface area contributed by atoms with Crippen molar-refractivity contribution in [2.24, 2.45) is 0 Å². The maximum atomic E-state index is 12.8. The lowest BCUT2D eigenvalue weighted by molar-refractivity contribution is 0.208. The van der Waals surface area contributed by atoms with Gasteiger partial charge in [-0.25, -0.2) is 14.8 Å². The molecule has 172 valence electrons. The maximum absolute atomic E-state index is 12.8. The van der Waals surface area contributed by atoms with Crippen LogP contribution in [0.4, 0.5) is 16.3 Å². The minimum absolute atomic E-state index is 0.0528. The fourth-order valence-corrected chi connectivity index (χ4v) is 4.11. The van der Waals surface area contributed by atoms with Gasteiger partial charge in [0.25, 0.3) is 0 Å². The molecule has 0 spiro atoms. The molecule has 2 amide bonds. The number of carbonyl (C=O) groups excluding carboxylic acids is 1. The Balaban J connectivity index is 1.43. The van der Waals surface area contributed by atoms with Crippen molar-refractivity contribution >= 4 is 17.5 Å². The fourth-order valence-electron chi connectivity index (χ4n) is 4.11. The van der Waals surface area contributed by atoms with E-state index in [0.29, 0.717) is 19.0 Å². The number of carbonyl (C=O) groups is 1. The molecule has 6 nitrogen and oxygen atoms in total. The summed E-state index contributed by atoms with van der Waals surface area (Å²) in [5.74, 6) is 2.19. The second kappa shape index (κ2) is 9.61. The average Bonchev–Trinajstić information content (AvgIpc) is 2.81. The van der Waals surface area contributed by atoms with E-state index in [-0.39, 0.29) is 6.03 Å². The highest BCUT2D eigenvalue weighted by molar-refractivity contribution is 5.89. The van der Waals surface area contributed by atoms with Gasteiger partial charge < -0.3 is 15.1 Å². The molecule has 0 saturated carbocycles. The molecule has 4 rings (SSSR count). The number of urea groups is 1. The summed E-state index contributed by atoms with van der Waals surface area (Å²) in [4.78, 5) is 26.6. The zero-order valence-electron chi connectivity index (χ0n) is 20.2. The summed E-state index contributed by atoms with van der Waals surface area (Å²) in [5.41, 5.74) is 6.39. The average molecular weight is 444 g/mol. The van der Waals surface area contributed by atoms with Crippen molar-refractivity contribution in [1.29, 1.82) is 0 Å². The molecule has 1 aliphatic heterocycles. The molecule has 1 fully saturated rings. The van der Waals surface area contributed by atoms with Crippen LogP contribution in [0.1, 0.15) is 42.1 Å². The third-order valence-electron chi connectivity index (χ3n) is 6.33. The van der Waals surface area contributed by atoms with Crippen LogP contribution in [0.15, 0.2) is 48.5 Å². The van der Waals surface area contributed by atoms with E-state index in [0.717, 1.165) is 47.2 Å². The standard InChI is InChI=1S/C27H33N5O/c1-18(2)22-9-11-24(12-10-22)29-27(33)32-15-13-31(14-16-32)26-20(4)21(5)28-25(30-26)23-8-6-7-19(3)17-23/h6-12,17-18H,13-16H2,1-5H3,(H,29,33). The Labute approximate surface area is 196 Å². The molecule has 6 heteroatoms. The summed E-state index contributed by atoms with van der Waals surface area (Å²) in [5, 5.41) is 3.03. The van der Waals surface area contributed by atoms with Crippen molar-refractivity contribution in [3.8, 4) is 11.4 Å². The topological polar surface area (TPSA) is 61.4 Å². The molecule has 1 saturated heterocycles. The van der Waals surface area contributed by atoms with E-state index in [9.17, 15) is 4.79 Å². The number of nitrogens with zero attached hydrogens (tertiary/aromatic N) is 4. The second-order valence-electron chi connectivity index (χ2n) is 9.13. The molecular formula is C27H33N5O. The smallest absolute Gasteiger partial charge is 0.321 e. The van der Waals surface area contributed by atoms with E-state index in [4.69, 9.17) is 9.97 Å². The number of nitrogens with one attached hydrogen (secondary N) is 1. The van der Waals surface area contributed by atoms with Gasteiger partial charge >= 0.3 is 6.03 Å². The molecule has 0 atom stereocenters. The molecule has 1 aliphatic rings. The van der Waals surface area contributed by atoms with E-state index in [1.54, 1.807) is 0 Å². The Hall–Kier alpha value is -3.41. The number of piperazine rings is 1. The number of anilines is 2. The van der Waals surface area contributed by atoms with Gasteiger partial charge in [0.15, 0.2) is 5.82 Å². The largest absolute Gasteiger partial charge is 0.353 e. The molecule has 33 heavy (non-hydrogen) atoms. The van der Waals surface area contributed by atoms with Gasteiger partial charge in [0.05, 0.1) is 0 Å². The second-order valence-corrected chi connectivity index (χ2v) is 9.13. The van der Waals surface area contributed by atoms with Crippen LogP contribution in [0.25, 0.3) is 11.4 Å². The number of amides is 2. The molecule has 0 unspecified atom stereocenters. The monoisotopic (exact) mass is 443 g/mol. The number of aromatic nitrogens is 2. The number of benzene rings is 2. The highest BCUT2D eigenvalue weighted by Crippen LogP contribution is 2.26. The quantitative estimate of drug-likeness (QED) is 0.575. The highest BCUT2D eigenvalue weighted by Gasteiger charge is 2.24. The number of hydrogen-bond donors (Lipinski definition) is 1. The summed E-state index contributed by atoms with van der Waals surface area (Å²) < 4.78 is 0. The van der Waals surface area contributed by atoms with Gasteiger partial charge in [-0.15, -0.1) is 0 Å². The molecule has 0 radical (unpaired) electrons. The Bertz CT molecular complexity index is 1130. The van der Waals surface area contributed by atoms with Crippen molar-refractivity contribution < 1.29 is 4.79 Å². The summed E-state index contributed by atoms with van der Waals surface area (Å²) in [6.07, 6.45) is 0. The van der Waals surface area contributed by atoms with E-state index in [2.05, 4.69) is 68.2 Å². The minimum atomic E-state index is -0.0528. The first-order valence-corrected chi connectivity index (χ1v) is 11.6. The molecule has 1 aromatic heterocycles. The lowest BCUT2D eigenvalue weighted by atomic mass is 10.0. The molecule has 2 heterocycles. The Morgan fingerprint density at radius 3 is 2.27 bits per heavy atom. The first-order valence-electron chi connectivity index (χ1n) is 11.6. The number of aryl methyl sites for hydroxylation is 2. The predicted molar refractivity (Wildman–Crippen MR) is 135 cm³/mol. The summed E-state index contributed by atoms with van der Waals surface area (Å²) in [6.45, 7) is 13.3. The van der Waals surface area contributed by atoms with Gasteiger partial charge in [-0.05, 0) is 50.5 Å². The predicted octanol–water partition coefficient (Wildman–Crippen LogP) is 5.55. The molecular weight excluding hydrogens is 410 g/mol. The third-order valence-corrected chi connectivity index (χ3v) is 6.33. The summed E-state index contributed by atoms with van der Waals surface area (Å²) >= 11 is 0. The summed E-state index contributed by atoms with van der Waals surface area (Å²) in [7, 11) is 0. The molecule has 1 N–H and O–H groups in total. The number of hydrogen-bond acceptors (Lipinski definition) is 4. The van der Waals surface area contributed by atoms with E-state index in [1.807, 2.05) is 30.0 Å². The molecule has 0 bridgehead atoms. The molecule has 2 aromatic carbocycles.